The minimum absolute atomic E-state index is 0.0204. The summed E-state index contributed by atoms with van der Waals surface area (Å²) in [5.74, 6) is -6.98. The molecule has 252 valence electrons. The number of aromatic hydroxyl groups is 1. The number of phenols is 1. The fourth-order valence-electron chi connectivity index (χ4n) is 9.09. The van der Waals surface area contributed by atoms with Gasteiger partial charge >= 0.3 is 5.97 Å². The third kappa shape index (κ3) is 4.51. The fraction of sp³-hybridized carbons (Fsp3) is 0.275. The average molecular weight is 670 g/mol. The van der Waals surface area contributed by atoms with Gasteiger partial charge in [-0.3, -0.25) is 34.3 Å². The number of phenolic OH excluding ortho intramolecular Hbond substituents is 1. The zero-order chi connectivity index (χ0) is 34.9. The first kappa shape index (κ1) is 31.5. The molecular weight excluding hydrogens is 634 g/mol. The number of nitrogens with zero attached hydrogens (tertiary/aromatic N) is 2. The lowest BCUT2D eigenvalue weighted by atomic mass is 9.49. The molecule has 0 radical (unpaired) electrons. The highest BCUT2D eigenvalue weighted by molar-refractivity contribution is 6.13. The number of likely N-dealkylation sites (tertiary alicyclic amines) is 1. The number of aryl methyl sites for hydroxylation is 1. The molecule has 0 bridgehead atoms. The molecule has 2 saturated heterocycles. The van der Waals surface area contributed by atoms with Crippen LogP contribution in [0, 0.1) is 30.6 Å². The van der Waals surface area contributed by atoms with E-state index < -0.39 is 64.6 Å². The minimum Gasteiger partial charge on any atom is -0.507 e. The molecule has 4 aromatic rings. The van der Waals surface area contributed by atoms with Gasteiger partial charge in [-0.05, 0) is 48.8 Å². The summed E-state index contributed by atoms with van der Waals surface area (Å²) in [5, 5.41) is 23.9. The molecule has 3 fully saturated rings. The number of rotatable bonds is 7. The van der Waals surface area contributed by atoms with Gasteiger partial charge < -0.3 is 10.2 Å². The number of amides is 4. The molecule has 50 heavy (non-hydrogen) atoms. The van der Waals surface area contributed by atoms with Crippen LogP contribution in [0.5, 0.6) is 5.75 Å². The van der Waals surface area contributed by atoms with Crippen molar-refractivity contribution < 1.29 is 34.2 Å². The molecule has 6 atom stereocenters. The number of fused-ring (bicyclic) bond motifs is 5. The number of hydrogen-bond donors (Lipinski definition) is 3. The molecule has 1 saturated carbocycles. The van der Waals surface area contributed by atoms with Crippen LogP contribution < -0.4 is 5.43 Å². The molecule has 2 aliphatic carbocycles. The van der Waals surface area contributed by atoms with Crippen LogP contribution in [-0.4, -0.2) is 56.3 Å². The third-order valence-corrected chi connectivity index (χ3v) is 11.3. The van der Waals surface area contributed by atoms with Gasteiger partial charge in [-0.1, -0.05) is 96.1 Å². The maximum atomic E-state index is 15.3. The summed E-state index contributed by atoms with van der Waals surface area (Å²) in [5.41, 5.74) is 4.89. The van der Waals surface area contributed by atoms with Crippen molar-refractivity contribution in [3.63, 3.8) is 0 Å². The second kappa shape index (κ2) is 11.7. The Balaban J connectivity index is 1.35. The van der Waals surface area contributed by atoms with E-state index in [4.69, 9.17) is 0 Å². The number of carboxylic acid groups (broad SMARTS) is 1. The third-order valence-electron chi connectivity index (χ3n) is 11.3. The number of carboxylic acids is 1. The van der Waals surface area contributed by atoms with E-state index in [1.165, 1.54) is 0 Å². The fourth-order valence-corrected chi connectivity index (χ4v) is 9.09. The maximum Gasteiger partial charge on any atom is 0.305 e. The van der Waals surface area contributed by atoms with Crippen LogP contribution in [0.1, 0.15) is 41.9 Å². The van der Waals surface area contributed by atoms with Crippen LogP contribution >= 0.6 is 0 Å². The van der Waals surface area contributed by atoms with Crippen LogP contribution in [0.3, 0.4) is 0 Å². The first-order chi connectivity index (χ1) is 24.1. The number of anilines is 1. The van der Waals surface area contributed by atoms with Gasteiger partial charge in [-0.15, -0.1) is 0 Å². The summed E-state index contributed by atoms with van der Waals surface area (Å²) in [6.07, 6.45) is 1.86. The molecule has 0 spiro atoms. The lowest BCUT2D eigenvalue weighted by Gasteiger charge is -2.50. The van der Waals surface area contributed by atoms with E-state index in [0.29, 0.717) is 22.2 Å². The van der Waals surface area contributed by atoms with Crippen LogP contribution in [0.25, 0.3) is 10.8 Å². The smallest absolute Gasteiger partial charge is 0.305 e. The molecule has 8 rings (SSSR count). The first-order valence-electron chi connectivity index (χ1n) is 16.9. The van der Waals surface area contributed by atoms with Gasteiger partial charge in [0.05, 0.1) is 35.3 Å². The van der Waals surface area contributed by atoms with Crippen molar-refractivity contribution in [2.75, 3.05) is 12.0 Å². The number of benzene rings is 4. The van der Waals surface area contributed by atoms with Crippen molar-refractivity contribution in [2.24, 2.45) is 23.7 Å². The highest BCUT2D eigenvalue weighted by Gasteiger charge is 2.70. The molecule has 4 aliphatic rings. The Morgan fingerprint density at radius 3 is 2.32 bits per heavy atom. The number of carbonyl (C=O) groups is 5. The van der Waals surface area contributed by atoms with Crippen molar-refractivity contribution in [1.82, 2.24) is 9.91 Å². The predicted molar refractivity (Wildman–Crippen MR) is 183 cm³/mol. The summed E-state index contributed by atoms with van der Waals surface area (Å²) >= 11 is 0. The molecule has 4 aromatic carbocycles. The van der Waals surface area contributed by atoms with Gasteiger partial charge in [0.1, 0.15) is 5.75 Å². The Kier molecular flexibility index (Phi) is 7.36. The first-order valence-corrected chi connectivity index (χ1v) is 16.9. The molecule has 4 amide bonds. The zero-order valence-corrected chi connectivity index (χ0v) is 27.3. The van der Waals surface area contributed by atoms with Crippen LogP contribution in [0.4, 0.5) is 5.69 Å². The number of carbonyl (C=O) groups excluding carboxylic acids is 4. The zero-order valence-electron chi connectivity index (χ0n) is 27.3. The van der Waals surface area contributed by atoms with Crippen LogP contribution in [-0.2, 0) is 29.4 Å². The largest absolute Gasteiger partial charge is 0.507 e. The van der Waals surface area contributed by atoms with Crippen molar-refractivity contribution in [1.29, 1.82) is 0 Å². The summed E-state index contributed by atoms with van der Waals surface area (Å²) in [6, 6.07) is 27.6. The normalized spacial score (nSPS) is 27.2. The molecule has 6 unspecified atom stereocenters. The van der Waals surface area contributed by atoms with Gasteiger partial charge in [0.15, 0.2) is 0 Å². The molecule has 2 aliphatic heterocycles. The molecule has 10 heteroatoms. The summed E-state index contributed by atoms with van der Waals surface area (Å²) in [6.45, 7) is 1.70. The minimum atomic E-state index is -1.51. The van der Waals surface area contributed by atoms with Crippen molar-refractivity contribution in [3.05, 3.63) is 119 Å². The molecule has 0 aromatic heterocycles. The molecule has 2 heterocycles. The Hall–Kier alpha value is -5.77. The standard InChI is InChI=1S/C40H35N3O7/c1-22-11-14-25(15-12-22)41-43-37(48)31-21-30-27(17-18-28-33(30)38(49)42(36(28)47)20-19-32(44)45)34(40(31,39(43)50)24-8-3-2-4-9-24)29-16-13-23-7-5-6-10-26(23)35(29)46/h2-17,28,30-31,33-34,41,46H,18-21H2,1H3,(H,44,45). The number of nitrogens with one attached hydrogen (secondary N) is 1. The lowest BCUT2D eigenvalue weighted by molar-refractivity contribution is -0.143. The Bertz CT molecular complexity index is 2130. The molecular formula is C40H35N3O7. The van der Waals surface area contributed by atoms with Crippen LogP contribution in [0.15, 0.2) is 103 Å². The number of hydrogen-bond acceptors (Lipinski definition) is 7. The molecule has 10 nitrogen and oxygen atoms in total. The van der Waals surface area contributed by atoms with E-state index in [0.717, 1.165) is 26.4 Å². The summed E-state index contributed by atoms with van der Waals surface area (Å²) < 4.78 is 0. The van der Waals surface area contributed by atoms with Gasteiger partial charge in [0.2, 0.25) is 11.8 Å². The number of allylic oxidation sites excluding steroid dienone is 2. The van der Waals surface area contributed by atoms with Crippen molar-refractivity contribution in [2.45, 2.75) is 37.5 Å². The van der Waals surface area contributed by atoms with E-state index >= 15 is 4.79 Å². The quantitative estimate of drug-likeness (QED) is 0.177. The van der Waals surface area contributed by atoms with E-state index in [2.05, 4.69) is 5.43 Å². The van der Waals surface area contributed by atoms with Crippen LogP contribution in [0.2, 0.25) is 0 Å². The molecule has 3 N–H and O–H groups in total. The predicted octanol–water partition coefficient (Wildman–Crippen LogP) is 5.31. The van der Waals surface area contributed by atoms with E-state index in [-0.39, 0.29) is 31.6 Å². The Morgan fingerprint density at radius 2 is 1.58 bits per heavy atom. The number of hydrazine groups is 1. The highest BCUT2D eigenvalue weighted by atomic mass is 16.4. The average Bonchev–Trinajstić information content (AvgIpc) is 3.49. The van der Waals surface area contributed by atoms with Gasteiger partial charge in [-0.2, -0.15) is 5.01 Å². The highest BCUT2D eigenvalue weighted by Crippen LogP contribution is 2.65. The Labute approximate surface area is 288 Å². The Morgan fingerprint density at radius 1 is 0.860 bits per heavy atom. The van der Waals surface area contributed by atoms with Crippen molar-refractivity contribution in [3.8, 4) is 5.75 Å². The maximum absolute atomic E-state index is 15.3. The number of aliphatic carboxylic acids is 1. The van der Waals surface area contributed by atoms with Gasteiger partial charge in [0, 0.05) is 23.4 Å². The second-order valence-corrected chi connectivity index (χ2v) is 13.8. The van der Waals surface area contributed by atoms with E-state index in [1.54, 1.807) is 24.3 Å². The lowest BCUT2D eigenvalue weighted by Crippen LogP contribution is -2.53. The van der Waals surface area contributed by atoms with Crippen molar-refractivity contribution >= 4 is 46.1 Å². The van der Waals surface area contributed by atoms with E-state index in [1.807, 2.05) is 79.7 Å². The summed E-state index contributed by atoms with van der Waals surface area (Å²) in [7, 11) is 0. The number of imide groups is 2. The van der Waals surface area contributed by atoms with E-state index in [9.17, 15) is 29.4 Å². The second-order valence-electron chi connectivity index (χ2n) is 13.8. The van der Waals surface area contributed by atoms with Gasteiger partial charge in [-0.25, -0.2) is 0 Å². The SMILES string of the molecule is Cc1ccc(NN2C(=O)C3CC4C(=CCC5C(=O)N(CCC(=O)O)C(=O)C54)C(c4ccc5ccccc5c4O)C3(c3ccccc3)C2=O)cc1. The topological polar surface area (TPSA) is 144 Å². The summed E-state index contributed by atoms with van der Waals surface area (Å²) in [4.78, 5) is 70.2. The van der Waals surface area contributed by atoms with Gasteiger partial charge in [0.25, 0.3) is 11.8 Å². The monoisotopic (exact) mass is 669 g/mol.